The quantitative estimate of drug-likeness (QED) is 0.562. The maximum Gasteiger partial charge on any atom is 0.150 e. The summed E-state index contributed by atoms with van der Waals surface area (Å²) >= 11 is 3.27. The lowest BCUT2D eigenvalue weighted by Gasteiger charge is -1.99. The number of fused-ring (bicyclic) bond motifs is 1. The fourth-order valence-electron chi connectivity index (χ4n) is 1.27. The first-order valence-corrected chi connectivity index (χ1v) is 4.60. The molecule has 0 N–H and O–H groups in total. The van der Waals surface area contributed by atoms with E-state index in [-0.39, 0.29) is 0 Å². The molecule has 64 valence electrons. The lowest BCUT2D eigenvalue weighted by molar-refractivity contribution is 0.112. The number of benzene rings is 1. The Morgan fingerprint density at radius 2 is 2.23 bits per heavy atom. The summed E-state index contributed by atoms with van der Waals surface area (Å²) in [5.74, 6) is 0. The molecule has 1 heterocycles. The molecule has 1 aromatic heterocycles. The number of nitrogens with zero attached hydrogens (tertiary/aromatic N) is 1. The van der Waals surface area contributed by atoms with Crippen molar-refractivity contribution in [2.24, 2.45) is 0 Å². The Kier molecular flexibility index (Phi) is 2.10. The van der Waals surface area contributed by atoms with Crippen LogP contribution in [-0.2, 0) is 0 Å². The van der Waals surface area contributed by atoms with E-state index in [2.05, 4.69) is 20.9 Å². The number of carbonyl (C=O) groups excluding carboxylic acids is 1. The number of aromatic nitrogens is 1. The van der Waals surface area contributed by atoms with Gasteiger partial charge in [-0.05, 0) is 27.4 Å². The molecule has 0 aliphatic heterocycles. The topological polar surface area (TPSA) is 30.0 Å². The van der Waals surface area contributed by atoms with Gasteiger partial charge in [0.05, 0.1) is 0 Å². The number of aldehydes is 1. The van der Waals surface area contributed by atoms with Crippen LogP contribution >= 0.6 is 15.9 Å². The summed E-state index contributed by atoms with van der Waals surface area (Å²) in [7, 11) is 0. The van der Waals surface area contributed by atoms with E-state index in [1.165, 1.54) is 0 Å². The molecule has 0 atom stereocenters. The average molecular weight is 236 g/mol. The highest BCUT2D eigenvalue weighted by Gasteiger charge is 2.00. The van der Waals surface area contributed by atoms with Crippen LogP contribution in [0, 0.1) is 0 Å². The molecule has 0 bridgehead atoms. The largest absolute Gasteiger partial charge is 0.298 e. The first-order valence-electron chi connectivity index (χ1n) is 3.81. The van der Waals surface area contributed by atoms with Crippen LogP contribution < -0.4 is 0 Å². The van der Waals surface area contributed by atoms with Crippen molar-refractivity contribution < 1.29 is 4.79 Å². The van der Waals surface area contributed by atoms with Crippen molar-refractivity contribution in [2.45, 2.75) is 0 Å². The number of carbonyl (C=O) groups is 1. The molecule has 13 heavy (non-hydrogen) atoms. The van der Waals surface area contributed by atoms with E-state index in [1.807, 2.05) is 18.2 Å². The number of pyridine rings is 1. The molecule has 3 heteroatoms. The molecule has 0 amide bonds. The third-order valence-electron chi connectivity index (χ3n) is 1.89. The highest BCUT2D eigenvalue weighted by molar-refractivity contribution is 9.10. The Morgan fingerprint density at radius 3 is 3.00 bits per heavy atom. The normalized spacial score (nSPS) is 10.2. The van der Waals surface area contributed by atoms with Crippen LogP contribution in [0.15, 0.2) is 35.1 Å². The van der Waals surface area contributed by atoms with E-state index in [4.69, 9.17) is 0 Å². The van der Waals surface area contributed by atoms with Crippen LogP contribution in [0.3, 0.4) is 0 Å². The van der Waals surface area contributed by atoms with Gasteiger partial charge in [0.25, 0.3) is 0 Å². The Balaban J connectivity index is 2.86. The van der Waals surface area contributed by atoms with Gasteiger partial charge in [-0.2, -0.15) is 0 Å². The molecule has 0 radical (unpaired) electrons. The van der Waals surface area contributed by atoms with Gasteiger partial charge in [-0.3, -0.25) is 4.79 Å². The van der Waals surface area contributed by atoms with E-state index in [0.29, 0.717) is 5.56 Å². The van der Waals surface area contributed by atoms with Gasteiger partial charge in [-0.1, -0.05) is 18.2 Å². The van der Waals surface area contributed by atoms with Crippen molar-refractivity contribution in [1.82, 2.24) is 4.98 Å². The molecular formula is C10H6BrNO. The minimum atomic E-state index is 0.695. The van der Waals surface area contributed by atoms with E-state index in [9.17, 15) is 4.79 Å². The SMILES string of the molecule is O=Cc1cccc2cnc(Br)cc12. The summed E-state index contributed by atoms with van der Waals surface area (Å²) < 4.78 is 0.745. The summed E-state index contributed by atoms with van der Waals surface area (Å²) in [5, 5.41) is 1.91. The Labute approximate surface area is 83.7 Å². The van der Waals surface area contributed by atoms with Gasteiger partial charge in [0.1, 0.15) is 4.60 Å². The van der Waals surface area contributed by atoms with Crippen molar-refractivity contribution in [2.75, 3.05) is 0 Å². The van der Waals surface area contributed by atoms with Crippen LogP contribution in [-0.4, -0.2) is 11.3 Å². The molecule has 0 aliphatic carbocycles. The average Bonchev–Trinajstić information content (AvgIpc) is 2.17. The van der Waals surface area contributed by atoms with Gasteiger partial charge < -0.3 is 0 Å². The third kappa shape index (κ3) is 1.47. The molecule has 2 aromatic rings. The zero-order chi connectivity index (χ0) is 9.26. The van der Waals surface area contributed by atoms with Gasteiger partial charge in [-0.25, -0.2) is 4.98 Å². The zero-order valence-corrected chi connectivity index (χ0v) is 8.28. The van der Waals surface area contributed by atoms with Crippen molar-refractivity contribution in [3.8, 4) is 0 Å². The predicted molar refractivity (Wildman–Crippen MR) is 54.8 cm³/mol. The molecule has 0 spiro atoms. The predicted octanol–water partition coefficient (Wildman–Crippen LogP) is 2.81. The van der Waals surface area contributed by atoms with Gasteiger partial charge in [0.15, 0.2) is 6.29 Å². The molecular weight excluding hydrogens is 230 g/mol. The summed E-state index contributed by atoms with van der Waals surface area (Å²) in [6.07, 6.45) is 2.60. The van der Waals surface area contributed by atoms with Gasteiger partial charge in [-0.15, -0.1) is 0 Å². The zero-order valence-electron chi connectivity index (χ0n) is 6.70. The fourth-order valence-corrected chi connectivity index (χ4v) is 1.60. The molecule has 0 aliphatic rings. The maximum absolute atomic E-state index is 10.7. The highest BCUT2D eigenvalue weighted by atomic mass is 79.9. The maximum atomic E-state index is 10.7. The Hall–Kier alpha value is -1.22. The molecule has 0 saturated heterocycles. The first kappa shape index (κ1) is 8.38. The lowest BCUT2D eigenvalue weighted by atomic mass is 10.1. The summed E-state index contributed by atoms with van der Waals surface area (Å²) in [6.45, 7) is 0. The monoisotopic (exact) mass is 235 g/mol. The molecule has 2 rings (SSSR count). The number of halogens is 1. The van der Waals surface area contributed by atoms with Gasteiger partial charge in [0.2, 0.25) is 0 Å². The second-order valence-electron chi connectivity index (χ2n) is 2.69. The van der Waals surface area contributed by atoms with E-state index >= 15 is 0 Å². The summed E-state index contributed by atoms with van der Waals surface area (Å²) in [6, 6.07) is 7.42. The Morgan fingerprint density at radius 1 is 1.38 bits per heavy atom. The summed E-state index contributed by atoms with van der Waals surface area (Å²) in [5.41, 5.74) is 0.695. The first-order chi connectivity index (χ1) is 6.31. The minimum Gasteiger partial charge on any atom is -0.298 e. The van der Waals surface area contributed by atoms with Crippen molar-refractivity contribution >= 4 is 33.0 Å². The van der Waals surface area contributed by atoms with Crippen molar-refractivity contribution in [1.29, 1.82) is 0 Å². The van der Waals surface area contributed by atoms with Crippen molar-refractivity contribution in [3.05, 3.63) is 40.6 Å². The second kappa shape index (κ2) is 3.26. The van der Waals surface area contributed by atoms with E-state index < -0.39 is 0 Å². The standard InChI is InChI=1S/C10H6BrNO/c11-10-4-9-7(5-12-10)2-1-3-8(9)6-13/h1-6H. The van der Waals surface area contributed by atoms with Crippen molar-refractivity contribution in [3.63, 3.8) is 0 Å². The van der Waals surface area contributed by atoms with Crippen LogP contribution in [0.4, 0.5) is 0 Å². The summed E-state index contributed by atoms with van der Waals surface area (Å²) in [4.78, 5) is 14.8. The Bertz CT molecular complexity index is 467. The molecule has 2 nitrogen and oxygen atoms in total. The van der Waals surface area contributed by atoms with Crippen LogP contribution in [0.2, 0.25) is 0 Å². The smallest absolute Gasteiger partial charge is 0.150 e. The van der Waals surface area contributed by atoms with Crippen LogP contribution in [0.25, 0.3) is 10.8 Å². The second-order valence-corrected chi connectivity index (χ2v) is 3.51. The molecule has 0 fully saturated rings. The third-order valence-corrected chi connectivity index (χ3v) is 2.32. The molecule has 1 aromatic carbocycles. The molecule has 0 saturated carbocycles. The number of hydrogen-bond donors (Lipinski definition) is 0. The number of rotatable bonds is 1. The van der Waals surface area contributed by atoms with Crippen LogP contribution in [0.1, 0.15) is 10.4 Å². The van der Waals surface area contributed by atoms with Gasteiger partial charge in [0, 0.05) is 17.1 Å². The van der Waals surface area contributed by atoms with E-state index in [0.717, 1.165) is 21.7 Å². The fraction of sp³-hybridized carbons (Fsp3) is 0. The lowest BCUT2D eigenvalue weighted by Crippen LogP contribution is -1.84. The minimum absolute atomic E-state index is 0.695. The van der Waals surface area contributed by atoms with Gasteiger partial charge >= 0.3 is 0 Å². The highest BCUT2D eigenvalue weighted by Crippen LogP contribution is 2.19. The molecule has 0 unspecified atom stereocenters. The van der Waals surface area contributed by atoms with Crippen LogP contribution in [0.5, 0.6) is 0 Å². The van der Waals surface area contributed by atoms with E-state index in [1.54, 1.807) is 12.3 Å². The number of hydrogen-bond acceptors (Lipinski definition) is 2.